The van der Waals surface area contributed by atoms with Crippen molar-refractivity contribution in [3.63, 3.8) is 0 Å². The van der Waals surface area contributed by atoms with Gasteiger partial charge in [-0.2, -0.15) is 0 Å². The SMILES string of the molecule is C=C(C)CCC(N)c1ccc(Cl)cc1OC. The summed E-state index contributed by atoms with van der Waals surface area (Å²) >= 11 is 5.89. The van der Waals surface area contributed by atoms with Crippen LogP contribution in [0, 0.1) is 0 Å². The van der Waals surface area contributed by atoms with Crippen molar-refractivity contribution in [3.8, 4) is 5.75 Å². The molecule has 0 aliphatic rings. The molecular formula is C13H18ClNO. The minimum atomic E-state index is -0.0380. The second kappa shape index (κ2) is 5.92. The summed E-state index contributed by atoms with van der Waals surface area (Å²) in [5, 5.41) is 0.660. The zero-order valence-corrected chi connectivity index (χ0v) is 10.6. The molecule has 0 fully saturated rings. The van der Waals surface area contributed by atoms with Gasteiger partial charge in [-0.3, -0.25) is 0 Å². The van der Waals surface area contributed by atoms with Crippen LogP contribution in [0.3, 0.4) is 0 Å². The molecule has 1 rings (SSSR count). The highest BCUT2D eigenvalue weighted by molar-refractivity contribution is 6.30. The monoisotopic (exact) mass is 239 g/mol. The van der Waals surface area contributed by atoms with E-state index in [1.54, 1.807) is 13.2 Å². The predicted molar refractivity (Wildman–Crippen MR) is 69.0 cm³/mol. The van der Waals surface area contributed by atoms with Gasteiger partial charge >= 0.3 is 0 Å². The summed E-state index contributed by atoms with van der Waals surface area (Å²) in [4.78, 5) is 0. The van der Waals surface area contributed by atoms with Gasteiger partial charge in [0.15, 0.2) is 0 Å². The molecule has 0 bridgehead atoms. The Hall–Kier alpha value is -0.990. The highest BCUT2D eigenvalue weighted by atomic mass is 35.5. The van der Waals surface area contributed by atoms with E-state index in [9.17, 15) is 0 Å². The van der Waals surface area contributed by atoms with Crippen molar-refractivity contribution >= 4 is 11.6 Å². The Balaban J connectivity index is 2.81. The third-order valence-corrected chi connectivity index (χ3v) is 2.71. The molecule has 1 atom stereocenters. The molecule has 0 aliphatic carbocycles. The number of halogens is 1. The number of rotatable bonds is 5. The van der Waals surface area contributed by atoms with Gasteiger partial charge in [0.05, 0.1) is 7.11 Å². The van der Waals surface area contributed by atoms with Crippen LogP contribution >= 0.6 is 11.6 Å². The molecule has 1 unspecified atom stereocenters. The maximum Gasteiger partial charge on any atom is 0.125 e. The van der Waals surface area contributed by atoms with Crippen LogP contribution in [0.25, 0.3) is 0 Å². The fraction of sp³-hybridized carbons (Fsp3) is 0.385. The second-order valence-corrected chi connectivity index (χ2v) is 4.42. The molecule has 1 aromatic carbocycles. The van der Waals surface area contributed by atoms with E-state index >= 15 is 0 Å². The van der Waals surface area contributed by atoms with Gasteiger partial charge < -0.3 is 10.5 Å². The molecule has 0 amide bonds. The van der Waals surface area contributed by atoms with E-state index in [0.717, 1.165) is 29.7 Å². The number of allylic oxidation sites excluding steroid dienone is 1. The van der Waals surface area contributed by atoms with Crippen molar-refractivity contribution in [2.24, 2.45) is 5.73 Å². The highest BCUT2D eigenvalue weighted by Gasteiger charge is 2.12. The number of hydrogen-bond acceptors (Lipinski definition) is 2. The predicted octanol–water partition coefficient (Wildman–Crippen LogP) is 3.70. The summed E-state index contributed by atoms with van der Waals surface area (Å²) in [5.41, 5.74) is 8.24. The van der Waals surface area contributed by atoms with E-state index in [2.05, 4.69) is 6.58 Å². The van der Waals surface area contributed by atoms with Gasteiger partial charge in [-0.15, -0.1) is 6.58 Å². The van der Waals surface area contributed by atoms with Crippen LogP contribution in [-0.4, -0.2) is 7.11 Å². The van der Waals surface area contributed by atoms with Crippen LogP contribution in [0.4, 0.5) is 0 Å². The van der Waals surface area contributed by atoms with Crippen molar-refractivity contribution in [3.05, 3.63) is 40.9 Å². The normalized spacial score (nSPS) is 12.2. The first-order chi connectivity index (χ1) is 7.54. The van der Waals surface area contributed by atoms with Crippen LogP contribution in [0.1, 0.15) is 31.4 Å². The van der Waals surface area contributed by atoms with E-state index in [0.29, 0.717) is 5.02 Å². The van der Waals surface area contributed by atoms with Crippen molar-refractivity contribution in [1.82, 2.24) is 0 Å². The van der Waals surface area contributed by atoms with E-state index < -0.39 is 0 Å². The maximum absolute atomic E-state index is 6.11. The fourth-order valence-corrected chi connectivity index (χ4v) is 1.71. The van der Waals surface area contributed by atoms with Crippen LogP contribution in [-0.2, 0) is 0 Å². The topological polar surface area (TPSA) is 35.2 Å². The van der Waals surface area contributed by atoms with Crippen LogP contribution < -0.4 is 10.5 Å². The number of nitrogens with two attached hydrogens (primary N) is 1. The van der Waals surface area contributed by atoms with E-state index in [1.807, 2.05) is 19.1 Å². The van der Waals surface area contributed by atoms with Crippen molar-refractivity contribution in [2.75, 3.05) is 7.11 Å². The lowest BCUT2D eigenvalue weighted by Gasteiger charge is -2.15. The zero-order valence-electron chi connectivity index (χ0n) is 9.79. The van der Waals surface area contributed by atoms with Crippen LogP contribution in [0.5, 0.6) is 5.75 Å². The Labute approximate surface area is 102 Å². The number of benzene rings is 1. The van der Waals surface area contributed by atoms with E-state index in [4.69, 9.17) is 22.1 Å². The molecule has 2 nitrogen and oxygen atoms in total. The highest BCUT2D eigenvalue weighted by Crippen LogP contribution is 2.29. The quantitative estimate of drug-likeness (QED) is 0.796. The molecule has 88 valence electrons. The largest absolute Gasteiger partial charge is 0.496 e. The molecule has 0 radical (unpaired) electrons. The van der Waals surface area contributed by atoms with E-state index in [-0.39, 0.29) is 6.04 Å². The minimum Gasteiger partial charge on any atom is -0.496 e. The Bertz CT molecular complexity index is 376. The summed E-state index contributed by atoms with van der Waals surface area (Å²) in [5.74, 6) is 0.752. The van der Waals surface area contributed by atoms with Crippen LogP contribution in [0.2, 0.25) is 5.02 Å². The molecule has 3 heteroatoms. The molecule has 0 saturated heterocycles. The average molecular weight is 240 g/mol. The van der Waals surface area contributed by atoms with Crippen LogP contribution in [0.15, 0.2) is 30.4 Å². The molecule has 0 saturated carbocycles. The molecule has 16 heavy (non-hydrogen) atoms. The van der Waals surface area contributed by atoms with Crippen molar-refractivity contribution in [2.45, 2.75) is 25.8 Å². The second-order valence-electron chi connectivity index (χ2n) is 3.99. The molecule has 0 aromatic heterocycles. The molecule has 0 heterocycles. The van der Waals surface area contributed by atoms with Gasteiger partial charge in [0, 0.05) is 16.6 Å². The lowest BCUT2D eigenvalue weighted by molar-refractivity contribution is 0.404. The Kier molecular flexibility index (Phi) is 4.84. The molecule has 1 aromatic rings. The summed E-state index contributed by atoms with van der Waals surface area (Å²) in [7, 11) is 1.63. The number of methoxy groups -OCH3 is 1. The van der Waals surface area contributed by atoms with Crippen molar-refractivity contribution < 1.29 is 4.74 Å². The molecule has 0 aliphatic heterocycles. The fourth-order valence-electron chi connectivity index (χ4n) is 1.55. The average Bonchev–Trinajstić information content (AvgIpc) is 2.25. The summed E-state index contributed by atoms with van der Waals surface area (Å²) in [6.45, 7) is 5.88. The Morgan fingerprint density at radius 1 is 1.56 bits per heavy atom. The third-order valence-electron chi connectivity index (χ3n) is 2.48. The first-order valence-electron chi connectivity index (χ1n) is 5.28. The first-order valence-corrected chi connectivity index (χ1v) is 5.65. The maximum atomic E-state index is 6.11. The Morgan fingerprint density at radius 3 is 2.81 bits per heavy atom. The Morgan fingerprint density at radius 2 is 2.25 bits per heavy atom. The van der Waals surface area contributed by atoms with Gasteiger partial charge in [0.25, 0.3) is 0 Å². The van der Waals surface area contributed by atoms with E-state index in [1.165, 1.54) is 0 Å². The summed E-state index contributed by atoms with van der Waals surface area (Å²) in [6.07, 6.45) is 1.79. The molecule has 0 spiro atoms. The third kappa shape index (κ3) is 3.54. The van der Waals surface area contributed by atoms with Gasteiger partial charge in [0.2, 0.25) is 0 Å². The summed E-state index contributed by atoms with van der Waals surface area (Å²) in [6, 6.07) is 5.51. The first kappa shape index (κ1) is 13.1. The van der Waals surface area contributed by atoms with Crippen molar-refractivity contribution in [1.29, 1.82) is 0 Å². The molecule has 2 N–H and O–H groups in total. The lowest BCUT2D eigenvalue weighted by Crippen LogP contribution is -2.11. The van der Waals surface area contributed by atoms with Gasteiger partial charge in [-0.1, -0.05) is 23.2 Å². The minimum absolute atomic E-state index is 0.0380. The van der Waals surface area contributed by atoms with Gasteiger partial charge in [-0.05, 0) is 31.9 Å². The lowest BCUT2D eigenvalue weighted by atomic mass is 10.00. The van der Waals surface area contributed by atoms with Gasteiger partial charge in [-0.25, -0.2) is 0 Å². The number of ether oxygens (including phenoxy) is 1. The summed E-state index contributed by atoms with van der Waals surface area (Å²) < 4.78 is 5.27. The number of hydrogen-bond donors (Lipinski definition) is 1. The molecular weight excluding hydrogens is 222 g/mol. The standard InChI is InChI=1S/C13H18ClNO/c1-9(2)4-7-12(15)11-6-5-10(14)8-13(11)16-3/h5-6,8,12H,1,4,7,15H2,2-3H3. The zero-order chi connectivity index (χ0) is 12.1. The van der Waals surface area contributed by atoms with Gasteiger partial charge in [0.1, 0.15) is 5.75 Å². The smallest absolute Gasteiger partial charge is 0.125 e.